The molecule has 3 heteroatoms. The number of nitrogens with one attached hydrogen (secondary N) is 1. The number of nitrogens with zero attached hydrogens (tertiary/aromatic N) is 2. The molecule has 0 aliphatic heterocycles. The van der Waals surface area contributed by atoms with Crippen LogP contribution in [0.1, 0.15) is 80.1 Å². The molecule has 0 aromatic heterocycles. The Morgan fingerprint density at radius 1 is 1.19 bits per heavy atom. The van der Waals surface area contributed by atoms with E-state index in [0.29, 0.717) is 6.04 Å². The third-order valence-electron chi connectivity index (χ3n) is 4.89. The number of allylic oxidation sites excluding steroid dienone is 4. The molecule has 2 aliphatic rings. The van der Waals surface area contributed by atoms with E-state index < -0.39 is 0 Å². The topological polar surface area (TPSA) is 36.8 Å². The highest BCUT2D eigenvalue weighted by Crippen LogP contribution is 2.33. The van der Waals surface area contributed by atoms with Gasteiger partial charge in [-0.05, 0) is 55.4 Å². The van der Waals surface area contributed by atoms with Gasteiger partial charge in [-0.1, -0.05) is 65.8 Å². The molecule has 0 radical (unpaired) electrons. The molecule has 1 N–H and O–H groups in total. The van der Waals surface area contributed by atoms with E-state index in [1.54, 1.807) is 5.57 Å². The lowest BCUT2D eigenvalue weighted by molar-refractivity contribution is 0.409. The van der Waals surface area contributed by atoms with E-state index in [4.69, 9.17) is 10.1 Å². The maximum atomic E-state index is 4.76. The van der Waals surface area contributed by atoms with Gasteiger partial charge >= 0.3 is 0 Å². The maximum Gasteiger partial charge on any atom is 0.0862 e. The highest BCUT2D eigenvalue weighted by molar-refractivity contribution is 6.47. The first-order chi connectivity index (χ1) is 12.0. The Kier molecular flexibility index (Phi) is 6.65. The SMILES string of the molecule is C=C(CC(C)(C)C)N=C1C=CCC/C1=N/NC1CC=C(C(C)(C)C)CC1. The van der Waals surface area contributed by atoms with Crippen molar-refractivity contribution in [2.24, 2.45) is 20.9 Å². The summed E-state index contributed by atoms with van der Waals surface area (Å²) in [5.41, 5.74) is 8.45. The molecule has 2 aliphatic carbocycles. The Balaban J connectivity index is 2.01. The third kappa shape index (κ3) is 6.59. The molecule has 0 spiro atoms. The second-order valence-electron chi connectivity index (χ2n) is 9.88. The molecule has 26 heavy (non-hydrogen) atoms. The molecule has 2 rings (SSSR count). The van der Waals surface area contributed by atoms with Crippen molar-refractivity contribution in [2.45, 2.75) is 86.1 Å². The molecular formula is C23H37N3. The average Bonchev–Trinajstić information content (AvgIpc) is 2.52. The summed E-state index contributed by atoms with van der Waals surface area (Å²) < 4.78 is 0. The first kappa shape index (κ1) is 20.7. The summed E-state index contributed by atoms with van der Waals surface area (Å²) in [6.45, 7) is 17.7. The summed E-state index contributed by atoms with van der Waals surface area (Å²) in [6, 6.07) is 0.429. The molecule has 1 atom stereocenters. The smallest absolute Gasteiger partial charge is 0.0862 e. The number of hydrogen-bond acceptors (Lipinski definition) is 3. The summed E-state index contributed by atoms with van der Waals surface area (Å²) in [7, 11) is 0. The van der Waals surface area contributed by atoms with Gasteiger partial charge in [0.1, 0.15) is 0 Å². The molecule has 3 nitrogen and oxygen atoms in total. The Hall–Kier alpha value is -1.64. The number of aliphatic imine (C=N–C) groups is 1. The Morgan fingerprint density at radius 3 is 2.50 bits per heavy atom. The number of rotatable bonds is 4. The fourth-order valence-electron chi connectivity index (χ4n) is 3.48. The van der Waals surface area contributed by atoms with Crippen molar-refractivity contribution in [2.75, 3.05) is 0 Å². The van der Waals surface area contributed by atoms with Crippen molar-refractivity contribution in [3.05, 3.63) is 36.1 Å². The Labute approximate surface area is 160 Å². The highest BCUT2D eigenvalue weighted by Gasteiger charge is 2.22. The largest absolute Gasteiger partial charge is 0.306 e. The van der Waals surface area contributed by atoms with Gasteiger partial charge < -0.3 is 5.43 Å². The second-order valence-corrected chi connectivity index (χ2v) is 9.88. The van der Waals surface area contributed by atoms with Gasteiger partial charge in [0.15, 0.2) is 0 Å². The van der Waals surface area contributed by atoms with Gasteiger partial charge in [-0.25, -0.2) is 0 Å². The molecule has 144 valence electrons. The lowest BCUT2D eigenvalue weighted by Gasteiger charge is -2.29. The molecule has 0 aromatic rings. The fraction of sp³-hybridized carbons (Fsp3) is 0.652. The van der Waals surface area contributed by atoms with Crippen LogP contribution in [0.2, 0.25) is 0 Å². The molecule has 0 saturated carbocycles. The first-order valence-electron chi connectivity index (χ1n) is 9.99. The Morgan fingerprint density at radius 2 is 1.92 bits per heavy atom. The fourth-order valence-corrected chi connectivity index (χ4v) is 3.48. The minimum Gasteiger partial charge on any atom is -0.306 e. The molecule has 0 fully saturated rings. The van der Waals surface area contributed by atoms with Gasteiger partial charge in [0.2, 0.25) is 0 Å². The highest BCUT2D eigenvalue weighted by atomic mass is 15.3. The zero-order valence-electron chi connectivity index (χ0n) is 17.7. The van der Waals surface area contributed by atoms with Crippen molar-refractivity contribution in [1.82, 2.24) is 5.43 Å². The Bertz CT molecular complexity index is 633. The van der Waals surface area contributed by atoms with Crippen LogP contribution in [0.25, 0.3) is 0 Å². The van der Waals surface area contributed by atoms with E-state index in [2.05, 4.69) is 71.8 Å². The van der Waals surface area contributed by atoms with Gasteiger partial charge in [0.25, 0.3) is 0 Å². The second kappa shape index (κ2) is 8.37. The van der Waals surface area contributed by atoms with Crippen LogP contribution in [0.5, 0.6) is 0 Å². The molecule has 1 unspecified atom stereocenters. The lowest BCUT2D eigenvalue weighted by atomic mass is 9.79. The number of hydrogen-bond donors (Lipinski definition) is 1. The van der Waals surface area contributed by atoms with Crippen LogP contribution in [0, 0.1) is 10.8 Å². The summed E-state index contributed by atoms with van der Waals surface area (Å²) in [4.78, 5) is 4.76. The van der Waals surface area contributed by atoms with Gasteiger partial charge in [0, 0.05) is 11.7 Å². The normalized spacial score (nSPS) is 24.7. The monoisotopic (exact) mass is 355 g/mol. The lowest BCUT2D eigenvalue weighted by Crippen LogP contribution is -2.30. The molecule has 0 bridgehead atoms. The van der Waals surface area contributed by atoms with Crippen LogP contribution in [0.15, 0.2) is 46.2 Å². The summed E-state index contributed by atoms with van der Waals surface area (Å²) >= 11 is 0. The van der Waals surface area contributed by atoms with E-state index >= 15 is 0 Å². The van der Waals surface area contributed by atoms with Crippen LogP contribution in [0.3, 0.4) is 0 Å². The zero-order valence-corrected chi connectivity index (χ0v) is 17.7. The van der Waals surface area contributed by atoms with E-state index in [9.17, 15) is 0 Å². The van der Waals surface area contributed by atoms with Crippen molar-refractivity contribution >= 4 is 11.4 Å². The van der Waals surface area contributed by atoms with Crippen molar-refractivity contribution < 1.29 is 0 Å². The molecule has 0 heterocycles. The summed E-state index contributed by atoms with van der Waals surface area (Å²) in [6.07, 6.45) is 12.9. The van der Waals surface area contributed by atoms with Gasteiger partial charge in [0.05, 0.1) is 11.4 Å². The van der Waals surface area contributed by atoms with Gasteiger partial charge in [-0.15, -0.1) is 0 Å². The minimum absolute atomic E-state index is 0.203. The molecular weight excluding hydrogens is 318 g/mol. The van der Waals surface area contributed by atoms with Crippen molar-refractivity contribution in [3.8, 4) is 0 Å². The standard InChI is InChI=1S/C23H37N3/c1-17(16-22(2,3)4)24-20-10-8-9-11-21(20)26-25-19-14-12-18(13-15-19)23(5,6)7/h8,10,12,19,25H,1,9,11,13-16H2,2-7H3/b24-20?,26-21-. The summed E-state index contributed by atoms with van der Waals surface area (Å²) in [5.74, 6) is 0. The predicted molar refractivity (Wildman–Crippen MR) is 115 cm³/mol. The van der Waals surface area contributed by atoms with Gasteiger partial charge in [-0.3, -0.25) is 4.99 Å². The van der Waals surface area contributed by atoms with Crippen LogP contribution in [-0.4, -0.2) is 17.5 Å². The van der Waals surface area contributed by atoms with E-state index in [0.717, 1.165) is 55.6 Å². The van der Waals surface area contributed by atoms with E-state index in [1.165, 1.54) is 0 Å². The van der Waals surface area contributed by atoms with Gasteiger partial charge in [-0.2, -0.15) is 5.10 Å². The van der Waals surface area contributed by atoms with Crippen LogP contribution in [-0.2, 0) is 0 Å². The van der Waals surface area contributed by atoms with E-state index in [-0.39, 0.29) is 10.8 Å². The third-order valence-corrected chi connectivity index (χ3v) is 4.89. The molecule has 0 amide bonds. The van der Waals surface area contributed by atoms with E-state index in [1.807, 2.05) is 0 Å². The number of hydrazone groups is 1. The molecule has 0 aromatic carbocycles. The van der Waals surface area contributed by atoms with Crippen LogP contribution in [0.4, 0.5) is 0 Å². The predicted octanol–water partition coefficient (Wildman–Crippen LogP) is 6.20. The quantitative estimate of drug-likeness (QED) is 0.473. The maximum absolute atomic E-state index is 4.76. The zero-order chi connectivity index (χ0) is 19.4. The van der Waals surface area contributed by atoms with Crippen molar-refractivity contribution in [3.63, 3.8) is 0 Å². The van der Waals surface area contributed by atoms with Crippen molar-refractivity contribution in [1.29, 1.82) is 0 Å². The minimum atomic E-state index is 0.203. The molecule has 0 saturated heterocycles. The van der Waals surface area contributed by atoms with Crippen LogP contribution < -0.4 is 5.43 Å². The van der Waals surface area contributed by atoms with Crippen LogP contribution >= 0.6 is 0 Å². The summed E-state index contributed by atoms with van der Waals surface area (Å²) in [5, 5.41) is 4.74. The average molecular weight is 356 g/mol. The first-order valence-corrected chi connectivity index (χ1v) is 9.99.